The van der Waals surface area contributed by atoms with Gasteiger partial charge in [-0.15, -0.1) is 0 Å². The van der Waals surface area contributed by atoms with E-state index in [1.807, 2.05) is 0 Å². The first-order valence-corrected chi connectivity index (χ1v) is 24.1. The lowest BCUT2D eigenvalue weighted by molar-refractivity contribution is 0.214. The van der Waals surface area contributed by atoms with Crippen LogP contribution in [0, 0.1) is 33.1 Å². The van der Waals surface area contributed by atoms with Crippen molar-refractivity contribution in [1.82, 2.24) is 0 Å². The molecule has 2 heterocycles. The lowest BCUT2D eigenvalue weighted by Gasteiger charge is -2.45. The van der Waals surface area contributed by atoms with E-state index in [2.05, 4.69) is 197 Å². The average Bonchev–Trinajstić information content (AvgIpc) is 3.59. The SMILES string of the molecule is Cc1ccc(N2c3cc4c(cc3Bc3c(-c5cc(C)cc6c5NC5(C)CCCCC65C)cc(C)cc32)-c2cc(C(C)(C)CCC(C)(C)C)c(C)cc2C4(C)C)c(-c2ccccc2)c1. The zero-order valence-corrected chi connectivity index (χ0v) is 40.6. The molecule has 0 amide bonds. The van der Waals surface area contributed by atoms with Gasteiger partial charge in [0.05, 0.1) is 5.69 Å². The molecule has 63 heavy (non-hydrogen) atoms. The summed E-state index contributed by atoms with van der Waals surface area (Å²) in [4.78, 5) is 2.66. The second-order valence-electron chi connectivity index (χ2n) is 23.2. The van der Waals surface area contributed by atoms with Crippen LogP contribution in [0.2, 0.25) is 0 Å². The highest BCUT2D eigenvalue weighted by molar-refractivity contribution is 6.73. The van der Waals surface area contributed by atoms with Crippen LogP contribution in [0.1, 0.15) is 145 Å². The third-order valence-electron chi connectivity index (χ3n) is 16.5. The van der Waals surface area contributed by atoms with Crippen LogP contribution in [-0.2, 0) is 16.2 Å². The smallest absolute Gasteiger partial charge is 0.198 e. The van der Waals surface area contributed by atoms with Gasteiger partial charge in [0.1, 0.15) is 0 Å². The Balaban J connectivity index is 1.22. The zero-order chi connectivity index (χ0) is 44.6. The summed E-state index contributed by atoms with van der Waals surface area (Å²) in [5.41, 5.74) is 27.7. The molecule has 2 unspecified atom stereocenters. The van der Waals surface area contributed by atoms with Crippen LogP contribution in [0.3, 0.4) is 0 Å². The van der Waals surface area contributed by atoms with Gasteiger partial charge in [-0.1, -0.05) is 152 Å². The van der Waals surface area contributed by atoms with Crippen LogP contribution >= 0.6 is 0 Å². The fourth-order valence-electron chi connectivity index (χ4n) is 12.5. The first-order chi connectivity index (χ1) is 29.7. The summed E-state index contributed by atoms with van der Waals surface area (Å²) in [5, 5.41) is 4.25. The van der Waals surface area contributed by atoms with Gasteiger partial charge in [0.25, 0.3) is 0 Å². The van der Waals surface area contributed by atoms with Crippen molar-refractivity contribution in [3.63, 3.8) is 0 Å². The Hall–Kier alpha value is -5.02. The van der Waals surface area contributed by atoms with E-state index in [0.717, 1.165) is 7.28 Å². The van der Waals surface area contributed by atoms with Crippen molar-refractivity contribution >= 4 is 41.0 Å². The molecule has 0 bridgehead atoms. The molecular weight excluding hydrogens is 759 g/mol. The molecule has 2 aliphatic carbocycles. The second kappa shape index (κ2) is 14.2. The number of rotatable bonds is 6. The Kier molecular flexibility index (Phi) is 9.49. The molecule has 2 nitrogen and oxygen atoms in total. The van der Waals surface area contributed by atoms with Gasteiger partial charge >= 0.3 is 0 Å². The standard InChI is InChI=1S/C60H69BN2/c1-36-21-22-51(41(27-36)40-19-15-14-16-20-40)63-52-35-48-43(42-33-46(39(4)32-47(42)58(48,10)11)57(8,9)26-25-56(5,6)7)34-50(52)61-54-44(28-38(3)31-53(54)63)45-29-37(2)30-49-55(45)62-60(13)24-18-17-23-59(49,60)12/h14-16,19-22,27-35,61-62H,17-18,23-26H2,1-13H3. The molecule has 10 rings (SSSR count). The van der Waals surface area contributed by atoms with Gasteiger partial charge in [0.15, 0.2) is 7.28 Å². The molecular formula is C60H69BN2. The highest BCUT2D eigenvalue weighted by Crippen LogP contribution is 2.58. The first-order valence-electron chi connectivity index (χ1n) is 24.1. The number of hydrogen-bond donors (Lipinski definition) is 1. The summed E-state index contributed by atoms with van der Waals surface area (Å²) in [7, 11) is 0.874. The van der Waals surface area contributed by atoms with E-state index in [0.29, 0.717) is 5.41 Å². The molecule has 0 saturated heterocycles. The van der Waals surface area contributed by atoms with E-state index < -0.39 is 0 Å². The fraction of sp³-hybridized carbons (Fsp3) is 0.400. The van der Waals surface area contributed by atoms with E-state index in [4.69, 9.17) is 0 Å². The highest BCUT2D eigenvalue weighted by Gasteiger charge is 2.53. The summed E-state index contributed by atoms with van der Waals surface area (Å²) in [5.74, 6) is 0. The molecule has 0 spiro atoms. The third-order valence-corrected chi connectivity index (χ3v) is 16.5. The molecule has 1 saturated carbocycles. The van der Waals surface area contributed by atoms with Crippen molar-refractivity contribution in [1.29, 1.82) is 0 Å². The Labute approximate surface area is 380 Å². The van der Waals surface area contributed by atoms with Crippen molar-refractivity contribution in [3.05, 3.63) is 142 Å². The molecule has 3 heteroatoms. The molecule has 2 atom stereocenters. The zero-order valence-electron chi connectivity index (χ0n) is 40.6. The number of nitrogens with zero attached hydrogens (tertiary/aromatic N) is 1. The van der Waals surface area contributed by atoms with Crippen molar-refractivity contribution in [2.24, 2.45) is 5.41 Å². The van der Waals surface area contributed by atoms with Gasteiger partial charge < -0.3 is 10.2 Å². The average molecular weight is 829 g/mol. The summed E-state index contributed by atoms with van der Waals surface area (Å²) < 4.78 is 0. The molecule has 6 aromatic rings. The van der Waals surface area contributed by atoms with Gasteiger partial charge in [-0.25, -0.2) is 0 Å². The van der Waals surface area contributed by atoms with Gasteiger partial charge in [-0.05, 0) is 163 Å². The van der Waals surface area contributed by atoms with Crippen molar-refractivity contribution in [2.75, 3.05) is 10.2 Å². The first kappa shape index (κ1) is 42.0. The molecule has 0 aromatic heterocycles. The topological polar surface area (TPSA) is 15.3 Å². The minimum absolute atomic E-state index is 0.0460. The fourth-order valence-corrected chi connectivity index (χ4v) is 12.5. The van der Waals surface area contributed by atoms with Gasteiger partial charge in [-0.2, -0.15) is 0 Å². The quantitative estimate of drug-likeness (QED) is 0.168. The van der Waals surface area contributed by atoms with E-state index in [1.54, 1.807) is 0 Å². The molecule has 1 fully saturated rings. The molecule has 1 N–H and O–H groups in total. The molecule has 0 radical (unpaired) electrons. The van der Waals surface area contributed by atoms with E-state index in [9.17, 15) is 0 Å². The minimum atomic E-state index is -0.144. The molecule has 6 aromatic carbocycles. The van der Waals surface area contributed by atoms with Crippen LogP contribution in [0.15, 0.2) is 97.1 Å². The van der Waals surface area contributed by atoms with Gasteiger partial charge in [0, 0.05) is 44.6 Å². The van der Waals surface area contributed by atoms with Crippen LogP contribution in [0.5, 0.6) is 0 Å². The van der Waals surface area contributed by atoms with Crippen LogP contribution in [-0.4, -0.2) is 12.8 Å². The number of aryl methyl sites for hydroxylation is 4. The Morgan fingerprint density at radius 2 is 1.25 bits per heavy atom. The molecule has 322 valence electrons. The number of hydrogen-bond acceptors (Lipinski definition) is 2. The van der Waals surface area contributed by atoms with E-state index >= 15 is 0 Å². The number of anilines is 4. The predicted molar refractivity (Wildman–Crippen MR) is 274 cm³/mol. The lowest BCUT2D eigenvalue weighted by Crippen LogP contribution is -2.50. The minimum Gasteiger partial charge on any atom is -0.378 e. The largest absolute Gasteiger partial charge is 0.378 e. The second-order valence-corrected chi connectivity index (χ2v) is 23.2. The molecule has 4 aliphatic rings. The number of fused-ring (bicyclic) bond motifs is 8. The summed E-state index contributed by atoms with van der Waals surface area (Å²) in [6.07, 6.45) is 7.38. The highest BCUT2D eigenvalue weighted by atomic mass is 15.2. The Bertz CT molecular complexity index is 2850. The maximum atomic E-state index is 4.25. The predicted octanol–water partition coefficient (Wildman–Crippen LogP) is 14.9. The van der Waals surface area contributed by atoms with Crippen molar-refractivity contribution < 1.29 is 0 Å². The Morgan fingerprint density at radius 1 is 0.587 bits per heavy atom. The van der Waals surface area contributed by atoms with Crippen LogP contribution in [0.25, 0.3) is 33.4 Å². The maximum Gasteiger partial charge on any atom is 0.198 e. The van der Waals surface area contributed by atoms with Crippen molar-refractivity contribution in [2.45, 2.75) is 150 Å². The third kappa shape index (κ3) is 6.57. The summed E-state index contributed by atoms with van der Waals surface area (Å²) in [6.45, 7) is 31.2. The van der Waals surface area contributed by atoms with E-state index in [1.165, 1.54) is 150 Å². The Morgan fingerprint density at radius 3 is 2.00 bits per heavy atom. The van der Waals surface area contributed by atoms with Gasteiger partial charge in [0.2, 0.25) is 0 Å². The summed E-state index contributed by atoms with van der Waals surface area (Å²) in [6, 6.07) is 38.5. The number of nitrogens with one attached hydrogen (secondary N) is 1. The summed E-state index contributed by atoms with van der Waals surface area (Å²) >= 11 is 0. The van der Waals surface area contributed by atoms with Gasteiger partial charge in [-0.3, -0.25) is 0 Å². The van der Waals surface area contributed by atoms with Crippen LogP contribution < -0.4 is 21.1 Å². The monoisotopic (exact) mass is 829 g/mol. The normalized spacial score (nSPS) is 20.5. The number of benzene rings is 6. The molecule has 2 aliphatic heterocycles. The lowest BCUT2D eigenvalue weighted by atomic mass is 9.57. The van der Waals surface area contributed by atoms with Crippen molar-refractivity contribution in [3.8, 4) is 33.4 Å². The van der Waals surface area contributed by atoms with E-state index in [-0.39, 0.29) is 21.8 Å². The maximum absolute atomic E-state index is 4.25. The van der Waals surface area contributed by atoms with Crippen LogP contribution in [0.4, 0.5) is 22.7 Å².